The van der Waals surface area contributed by atoms with Crippen molar-refractivity contribution in [3.63, 3.8) is 0 Å². The van der Waals surface area contributed by atoms with Crippen molar-refractivity contribution < 1.29 is 14.3 Å². The molecular weight excluding hydrogens is 156 g/mol. The maximum absolute atomic E-state index is 10.4. The van der Waals surface area contributed by atoms with E-state index in [1.807, 2.05) is 0 Å². The summed E-state index contributed by atoms with van der Waals surface area (Å²) in [6, 6.07) is 0. The van der Waals surface area contributed by atoms with Gasteiger partial charge >= 0.3 is 5.97 Å². The fourth-order valence-corrected chi connectivity index (χ4v) is 0.689. The first-order valence-corrected chi connectivity index (χ1v) is 3.32. The van der Waals surface area contributed by atoms with Gasteiger partial charge in [-0.1, -0.05) is 6.92 Å². The predicted octanol–water partition coefficient (Wildman–Crippen LogP) is 1.09. The third-order valence-electron chi connectivity index (χ3n) is 0.932. The van der Waals surface area contributed by atoms with Gasteiger partial charge in [-0.25, -0.2) is 0 Å². The van der Waals surface area contributed by atoms with Gasteiger partial charge in [0.15, 0.2) is 6.10 Å². The summed E-state index contributed by atoms with van der Waals surface area (Å²) in [5, 5.41) is -0.627. The molecule has 0 radical (unpaired) electrons. The van der Waals surface area contributed by atoms with Crippen LogP contribution in [-0.2, 0) is 14.3 Å². The van der Waals surface area contributed by atoms with Crippen LogP contribution in [0.15, 0.2) is 0 Å². The Morgan fingerprint density at radius 3 is 2.20 bits per heavy atom. The zero-order valence-corrected chi connectivity index (χ0v) is 6.64. The van der Waals surface area contributed by atoms with E-state index < -0.39 is 17.3 Å². The molecule has 0 aliphatic rings. The molecule has 0 bridgehead atoms. The highest BCUT2D eigenvalue weighted by Crippen LogP contribution is 2.02. The number of rotatable bonds is 3. The van der Waals surface area contributed by atoms with E-state index in [2.05, 4.69) is 4.74 Å². The molecule has 0 saturated heterocycles. The first-order chi connectivity index (χ1) is 4.57. The quantitative estimate of drug-likeness (QED) is 0.463. The largest absolute Gasteiger partial charge is 0.453 e. The van der Waals surface area contributed by atoms with Crippen LogP contribution in [0.1, 0.15) is 20.3 Å². The zero-order valence-electron chi connectivity index (χ0n) is 5.89. The van der Waals surface area contributed by atoms with Crippen molar-refractivity contribution in [3.8, 4) is 0 Å². The first kappa shape index (κ1) is 9.43. The Hall–Kier alpha value is -0.570. The summed E-state index contributed by atoms with van der Waals surface area (Å²) in [4.78, 5) is 20.7. The maximum atomic E-state index is 10.4. The van der Waals surface area contributed by atoms with E-state index in [-0.39, 0.29) is 0 Å². The molecule has 0 aromatic carbocycles. The summed E-state index contributed by atoms with van der Waals surface area (Å²) < 4.78 is 4.54. The molecule has 58 valence electrons. The van der Waals surface area contributed by atoms with Gasteiger partial charge < -0.3 is 4.74 Å². The van der Waals surface area contributed by atoms with E-state index in [1.165, 1.54) is 6.92 Å². The summed E-state index contributed by atoms with van der Waals surface area (Å²) >= 11 is 5.07. The number of hydrogen-bond donors (Lipinski definition) is 0. The Morgan fingerprint density at radius 1 is 1.60 bits per heavy atom. The van der Waals surface area contributed by atoms with Gasteiger partial charge in [0.2, 0.25) is 0 Å². The van der Waals surface area contributed by atoms with Crippen LogP contribution in [0.2, 0.25) is 0 Å². The molecule has 0 heterocycles. The molecule has 0 rings (SSSR count). The second-order valence-corrected chi connectivity index (χ2v) is 2.18. The van der Waals surface area contributed by atoms with Crippen molar-refractivity contribution in [2.24, 2.45) is 0 Å². The zero-order chi connectivity index (χ0) is 8.15. The number of carbonyl (C=O) groups is 2. The van der Waals surface area contributed by atoms with E-state index in [4.69, 9.17) is 11.6 Å². The Balaban J connectivity index is 3.83. The molecule has 0 amide bonds. The van der Waals surface area contributed by atoms with E-state index in [1.54, 1.807) is 6.92 Å². The monoisotopic (exact) mass is 164 g/mol. The second kappa shape index (κ2) is 4.28. The van der Waals surface area contributed by atoms with Crippen molar-refractivity contribution in [1.82, 2.24) is 0 Å². The summed E-state index contributed by atoms with van der Waals surface area (Å²) in [5.41, 5.74) is 0. The minimum absolute atomic E-state index is 0.419. The van der Waals surface area contributed by atoms with Crippen molar-refractivity contribution in [2.75, 3.05) is 0 Å². The molecule has 0 N–H and O–H groups in total. The summed E-state index contributed by atoms with van der Waals surface area (Å²) in [5.74, 6) is -0.485. The van der Waals surface area contributed by atoms with Crippen molar-refractivity contribution in [2.45, 2.75) is 26.4 Å². The minimum atomic E-state index is -0.779. The molecule has 1 atom stereocenters. The van der Waals surface area contributed by atoms with Gasteiger partial charge in [0.05, 0.1) is 0 Å². The van der Waals surface area contributed by atoms with Gasteiger partial charge in [-0.3, -0.25) is 9.59 Å². The van der Waals surface area contributed by atoms with E-state index in [9.17, 15) is 9.59 Å². The molecule has 3 nitrogen and oxygen atoms in total. The summed E-state index contributed by atoms with van der Waals surface area (Å²) in [6.07, 6.45) is -0.360. The Labute approximate surface area is 64.3 Å². The highest BCUT2D eigenvalue weighted by atomic mass is 35.5. The van der Waals surface area contributed by atoms with E-state index in [0.717, 1.165) is 0 Å². The molecular formula is C6H9ClO3. The maximum Gasteiger partial charge on any atom is 0.303 e. The molecule has 0 aliphatic carbocycles. The van der Waals surface area contributed by atoms with Gasteiger partial charge in [0.25, 0.3) is 5.24 Å². The number of esters is 1. The number of ether oxygens (including phenoxy) is 1. The lowest BCUT2D eigenvalue weighted by molar-refractivity contribution is -0.150. The predicted molar refractivity (Wildman–Crippen MR) is 36.7 cm³/mol. The van der Waals surface area contributed by atoms with Crippen LogP contribution >= 0.6 is 11.6 Å². The SMILES string of the molecule is CC[C@H](OC(C)=O)C(=O)Cl. The van der Waals surface area contributed by atoms with Crippen LogP contribution in [0.3, 0.4) is 0 Å². The highest BCUT2D eigenvalue weighted by Gasteiger charge is 2.15. The van der Waals surface area contributed by atoms with Crippen LogP contribution in [0.25, 0.3) is 0 Å². The van der Waals surface area contributed by atoms with Gasteiger partial charge in [0.1, 0.15) is 0 Å². The lowest BCUT2D eigenvalue weighted by atomic mass is 10.3. The van der Waals surface area contributed by atoms with Crippen molar-refractivity contribution in [3.05, 3.63) is 0 Å². The number of halogens is 1. The van der Waals surface area contributed by atoms with Gasteiger partial charge in [0, 0.05) is 6.92 Å². The normalized spacial score (nSPS) is 12.3. The van der Waals surface area contributed by atoms with E-state index >= 15 is 0 Å². The lowest BCUT2D eigenvalue weighted by Crippen LogP contribution is -2.21. The standard InChI is InChI=1S/C6H9ClO3/c1-3-5(6(7)9)10-4(2)8/h5H,3H2,1-2H3/t5-/m0/s1. The molecule has 10 heavy (non-hydrogen) atoms. The number of hydrogen-bond acceptors (Lipinski definition) is 3. The topological polar surface area (TPSA) is 43.4 Å². The van der Waals surface area contributed by atoms with Crippen molar-refractivity contribution >= 4 is 22.8 Å². The van der Waals surface area contributed by atoms with Gasteiger partial charge in [-0.05, 0) is 18.0 Å². The van der Waals surface area contributed by atoms with Gasteiger partial charge in [-0.15, -0.1) is 0 Å². The summed E-state index contributed by atoms with van der Waals surface area (Å²) in [7, 11) is 0. The average molecular weight is 165 g/mol. The Bertz CT molecular complexity index is 144. The van der Waals surface area contributed by atoms with Crippen LogP contribution in [0.4, 0.5) is 0 Å². The van der Waals surface area contributed by atoms with Crippen LogP contribution in [0, 0.1) is 0 Å². The molecule has 0 unspecified atom stereocenters. The highest BCUT2D eigenvalue weighted by molar-refractivity contribution is 6.64. The molecule has 0 saturated carbocycles. The third kappa shape index (κ3) is 3.45. The third-order valence-corrected chi connectivity index (χ3v) is 1.18. The van der Waals surface area contributed by atoms with Crippen LogP contribution in [0.5, 0.6) is 0 Å². The first-order valence-electron chi connectivity index (χ1n) is 2.94. The van der Waals surface area contributed by atoms with Gasteiger partial charge in [-0.2, -0.15) is 0 Å². The lowest BCUT2D eigenvalue weighted by Gasteiger charge is -2.08. The minimum Gasteiger partial charge on any atom is -0.453 e. The Kier molecular flexibility index (Phi) is 4.03. The molecule has 0 aliphatic heterocycles. The molecule has 0 spiro atoms. The summed E-state index contributed by atoms with van der Waals surface area (Å²) in [6.45, 7) is 2.95. The number of carbonyl (C=O) groups excluding carboxylic acids is 2. The molecule has 4 heteroatoms. The second-order valence-electron chi connectivity index (χ2n) is 1.81. The molecule has 0 aromatic rings. The molecule has 0 fully saturated rings. The average Bonchev–Trinajstić information content (AvgIpc) is 1.81. The smallest absolute Gasteiger partial charge is 0.303 e. The fraction of sp³-hybridized carbons (Fsp3) is 0.667. The van der Waals surface area contributed by atoms with Crippen molar-refractivity contribution in [1.29, 1.82) is 0 Å². The van der Waals surface area contributed by atoms with Crippen LogP contribution in [-0.4, -0.2) is 17.3 Å². The fourth-order valence-electron chi connectivity index (χ4n) is 0.490. The van der Waals surface area contributed by atoms with E-state index in [0.29, 0.717) is 6.42 Å². The Morgan fingerprint density at radius 2 is 2.10 bits per heavy atom. The van der Waals surface area contributed by atoms with Crippen LogP contribution < -0.4 is 0 Å². The molecule has 0 aromatic heterocycles.